The summed E-state index contributed by atoms with van der Waals surface area (Å²) >= 11 is 0. The number of imide groups is 1. The van der Waals surface area contributed by atoms with E-state index >= 15 is 0 Å². The maximum Gasteiger partial charge on any atom is 0.293 e. The largest absolute Gasteiger partial charge is 0.396 e. The average Bonchev–Trinajstić information content (AvgIpc) is 2.74. The highest BCUT2D eigenvalue weighted by molar-refractivity contribution is 6.37. The van der Waals surface area contributed by atoms with Crippen LogP contribution in [0.5, 0.6) is 0 Å². The van der Waals surface area contributed by atoms with Crippen molar-refractivity contribution in [3.63, 3.8) is 0 Å². The maximum atomic E-state index is 13.5. The van der Waals surface area contributed by atoms with Crippen LogP contribution in [-0.2, 0) is 0 Å². The summed E-state index contributed by atoms with van der Waals surface area (Å²) in [7, 11) is 0. The lowest BCUT2D eigenvalue weighted by molar-refractivity contribution is -0.383. The Morgan fingerprint density at radius 2 is 1.68 bits per heavy atom. The first kappa shape index (κ1) is 20.5. The molecule has 0 saturated heterocycles. The molecule has 0 unspecified atom stereocenters. The lowest BCUT2D eigenvalue weighted by atomic mass is 9.91. The molecular weight excluding hydrogens is 398 g/mol. The van der Waals surface area contributed by atoms with Crippen molar-refractivity contribution in [2.24, 2.45) is 0 Å². The highest BCUT2D eigenvalue weighted by atomic mass is 16.6. The van der Waals surface area contributed by atoms with E-state index in [1.807, 2.05) is 32.0 Å². The number of aliphatic hydroxyl groups is 1. The molecular formula is C23H21N3O5. The summed E-state index contributed by atoms with van der Waals surface area (Å²) in [5, 5.41) is 24.7. The van der Waals surface area contributed by atoms with E-state index in [4.69, 9.17) is 5.11 Å². The molecule has 8 heteroatoms. The Hall–Kier alpha value is -3.78. The predicted octanol–water partition coefficient (Wildman–Crippen LogP) is 3.96. The van der Waals surface area contributed by atoms with Gasteiger partial charge >= 0.3 is 0 Å². The van der Waals surface area contributed by atoms with Gasteiger partial charge in [0.05, 0.1) is 16.2 Å². The van der Waals surface area contributed by atoms with Crippen molar-refractivity contribution in [2.75, 3.05) is 23.4 Å². The van der Waals surface area contributed by atoms with Gasteiger partial charge in [-0.05, 0) is 37.5 Å². The molecule has 2 N–H and O–H groups in total. The van der Waals surface area contributed by atoms with Gasteiger partial charge in [0.25, 0.3) is 17.5 Å². The van der Waals surface area contributed by atoms with Gasteiger partial charge in [-0.25, -0.2) is 4.90 Å². The molecule has 4 rings (SSSR count). The molecule has 1 aliphatic rings. The van der Waals surface area contributed by atoms with Crippen molar-refractivity contribution in [3.8, 4) is 0 Å². The Balaban J connectivity index is 1.99. The molecule has 1 aliphatic heterocycles. The zero-order valence-electron chi connectivity index (χ0n) is 17.1. The molecule has 31 heavy (non-hydrogen) atoms. The quantitative estimate of drug-likeness (QED) is 0.271. The van der Waals surface area contributed by atoms with Gasteiger partial charge in [-0.2, -0.15) is 0 Å². The number of para-hydroxylation sites is 1. The summed E-state index contributed by atoms with van der Waals surface area (Å²) in [6.45, 7) is 3.88. The molecule has 0 bridgehead atoms. The van der Waals surface area contributed by atoms with Crippen LogP contribution in [0.1, 0.15) is 38.3 Å². The van der Waals surface area contributed by atoms with E-state index < -0.39 is 16.7 Å². The Morgan fingerprint density at radius 3 is 2.32 bits per heavy atom. The number of benzene rings is 3. The Labute approximate surface area is 178 Å². The van der Waals surface area contributed by atoms with Gasteiger partial charge in [-0.15, -0.1) is 0 Å². The van der Waals surface area contributed by atoms with Crippen LogP contribution in [0.3, 0.4) is 0 Å². The number of aliphatic hydroxyl groups excluding tert-OH is 1. The zero-order valence-corrected chi connectivity index (χ0v) is 17.1. The Kier molecular flexibility index (Phi) is 5.16. The smallest absolute Gasteiger partial charge is 0.293 e. The highest BCUT2D eigenvalue weighted by Gasteiger charge is 2.38. The van der Waals surface area contributed by atoms with E-state index in [2.05, 4.69) is 5.32 Å². The summed E-state index contributed by atoms with van der Waals surface area (Å²) < 4.78 is 0. The SMILES string of the molecule is Cc1cccc(C)c1N1C(=O)c2cccc3c(NCCCO)c([N+](=O)[O-])cc(c23)C1=O. The van der Waals surface area contributed by atoms with Crippen LogP contribution in [0.15, 0.2) is 42.5 Å². The second kappa shape index (κ2) is 7.81. The summed E-state index contributed by atoms with van der Waals surface area (Å²) in [4.78, 5) is 39.3. The van der Waals surface area contributed by atoms with Crippen molar-refractivity contribution in [1.82, 2.24) is 0 Å². The van der Waals surface area contributed by atoms with Crippen LogP contribution in [0.2, 0.25) is 0 Å². The van der Waals surface area contributed by atoms with Crippen LogP contribution in [0.4, 0.5) is 17.1 Å². The molecule has 0 atom stereocenters. The summed E-state index contributed by atoms with van der Waals surface area (Å²) in [5.74, 6) is -1.05. The van der Waals surface area contributed by atoms with Gasteiger partial charge in [-0.3, -0.25) is 19.7 Å². The molecule has 0 spiro atoms. The highest BCUT2D eigenvalue weighted by Crippen LogP contribution is 2.42. The van der Waals surface area contributed by atoms with Gasteiger partial charge in [0, 0.05) is 35.6 Å². The topological polar surface area (TPSA) is 113 Å². The number of nitrogens with one attached hydrogen (secondary N) is 1. The van der Waals surface area contributed by atoms with Crippen LogP contribution in [-0.4, -0.2) is 35.0 Å². The fraction of sp³-hybridized carbons (Fsp3) is 0.217. The van der Waals surface area contributed by atoms with Crippen molar-refractivity contribution in [2.45, 2.75) is 20.3 Å². The van der Waals surface area contributed by atoms with E-state index in [-0.39, 0.29) is 23.5 Å². The normalized spacial score (nSPS) is 13.1. The van der Waals surface area contributed by atoms with E-state index in [1.165, 1.54) is 6.07 Å². The average molecular weight is 419 g/mol. The van der Waals surface area contributed by atoms with Crippen molar-refractivity contribution in [3.05, 3.63) is 74.8 Å². The lowest BCUT2D eigenvalue weighted by Crippen LogP contribution is -2.41. The number of hydrogen-bond donors (Lipinski definition) is 2. The number of anilines is 2. The fourth-order valence-corrected chi connectivity index (χ4v) is 4.13. The molecule has 0 saturated carbocycles. The van der Waals surface area contributed by atoms with E-state index in [0.717, 1.165) is 16.0 Å². The molecule has 158 valence electrons. The van der Waals surface area contributed by atoms with E-state index in [0.29, 0.717) is 35.0 Å². The second-order valence-corrected chi connectivity index (χ2v) is 7.49. The van der Waals surface area contributed by atoms with Crippen LogP contribution >= 0.6 is 0 Å². The maximum absolute atomic E-state index is 13.5. The number of hydrogen-bond acceptors (Lipinski definition) is 6. The number of aryl methyl sites for hydroxylation is 2. The first-order chi connectivity index (χ1) is 14.9. The number of rotatable bonds is 6. The standard InChI is InChI=1S/C23H21N3O5/c1-13-6-3-7-14(2)21(13)25-22(28)16-9-4-8-15-19(16)17(23(25)29)12-18(26(30)31)20(15)24-10-5-11-27/h3-4,6-9,12,24,27H,5,10-11H2,1-2H3. The first-order valence-electron chi connectivity index (χ1n) is 9.90. The Bertz CT molecular complexity index is 1230. The van der Waals surface area contributed by atoms with Crippen LogP contribution in [0.25, 0.3) is 10.8 Å². The number of carbonyl (C=O) groups is 2. The second-order valence-electron chi connectivity index (χ2n) is 7.49. The minimum atomic E-state index is -0.587. The van der Waals surface area contributed by atoms with Gasteiger partial charge < -0.3 is 10.4 Å². The van der Waals surface area contributed by atoms with Gasteiger partial charge in [-0.1, -0.05) is 30.3 Å². The molecule has 0 aromatic heterocycles. The molecule has 2 amide bonds. The van der Waals surface area contributed by atoms with E-state index in [9.17, 15) is 19.7 Å². The third-order valence-electron chi connectivity index (χ3n) is 5.50. The molecule has 8 nitrogen and oxygen atoms in total. The minimum Gasteiger partial charge on any atom is -0.396 e. The molecule has 0 radical (unpaired) electrons. The molecule has 1 heterocycles. The zero-order chi connectivity index (χ0) is 22.3. The number of nitro groups is 1. The van der Waals surface area contributed by atoms with Gasteiger partial charge in [0.1, 0.15) is 5.69 Å². The molecule has 0 aliphatic carbocycles. The number of amides is 2. The molecule has 3 aromatic carbocycles. The lowest BCUT2D eigenvalue weighted by Gasteiger charge is -2.30. The monoisotopic (exact) mass is 419 g/mol. The third kappa shape index (κ3) is 3.21. The molecule has 3 aromatic rings. The van der Waals surface area contributed by atoms with Crippen molar-refractivity contribution < 1.29 is 19.6 Å². The fourth-order valence-electron chi connectivity index (χ4n) is 4.13. The van der Waals surface area contributed by atoms with Crippen LogP contribution in [0, 0.1) is 24.0 Å². The minimum absolute atomic E-state index is 0.0657. The number of nitro benzene ring substituents is 1. The summed E-state index contributed by atoms with van der Waals surface area (Å²) in [6, 6.07) is 11.7. The third-order valence-corrected chi connectivity index (χ3v) is 5.50. The number of nitrogens with zero attached hydrogens (tertiary/aromatic N) is 2. The van der Waals surface area contributed by atoms with Crippen LogP contribution < -0.4 is 10.2 Å². The summed E-state index contributed by atoms with van der Waals surface area (Å²) in [6.07, 6.45) is 0.401. The van der Waals surface area contributed by atoms with E-state index in [1.54, 1.807) is 18.2 Å². The van der Waals surface area contributed by atoms with Crippen molar-refractivity contribution in [1.29, 1.82) is 0 Å². The van der Waals surface area contributed by atoms with Crippen molar-refractivity contribution >= 4 is 39.6 Å². The number of carbonyl (C=O) groups excluding carboxylic acids is 2. The first-order valence-corrected chi connectivity index (χ1v) is 9.90. The van der Waals surface area contributed by atoms with Gasteiger partial charge in [0.2, 0.25) is 0 Å². The van der Waals surface area contributed by atoms with Gasteiger partial charge in [0.15, 0.2) is 0 Å². The summed E-state index contributed by atoms with van der Waals surface area (Å²) in [5.41, 5.74) is 2.43. The predicted molar refractivity (Wildman–Crippen MR) is 118 cm³/mol. The molecule has 0 fully saturated rings. The Morgan fingerprint density at radius 1 is 1.03 bits per heavy atom.